The van der Waals surface area contributed by atoms with Gasteiger partial charge in [-0.3, -0.25) is 4.90 Å². The lowest BCUT2D eigenvalue weighted by Gasteiger charge is -2.64. The summed E-state index contributed by atoms with van der Waals surface area (Å²) in [6, 6.07) is 4.37. The van der Waals surface area contributed by atoms with Crippen molar-refractivity contribution < 1.29 is 19.7 Å². The van der Waals surface area contributed by atoms with Crippen molar-refractivity contribution in [1.29, 1.82) is 0 Å². The molecule has 2 N–H and O–H groups in total. The van der Waals surface area contributed by atoms with Crippen LogP contribution >= 0.6 is 0 Å². The Morgan fingerprint density at radius 1 is 1.02 bits per heavy atom. The van der Waals surface area contributed by atoms with Crippen LogP contribution in [0.2, 0.25) is 0 Å². The minimum Gasteiger partial charge on any atom is -0.486 e. The highest BCUT2D eigenvalue weighted by atomic mass is 16.5. The normalized spacial score (nSPS) is 32.7. The van der Waals surface area contributed by atoms with Gasteiger partial charge in [-0.15, -0.1) is 0 Å². The third-order valence-corrected chi connectivity index (χ3v) is 11.0. The van der Waals surface area contributed by atoms with Gasteiger partial charge in [-0.1, -0.05) is 41.4 Å². The molecule has 5 aliphatic rings. The van der Waals surface area contributed by atoms with Crippen LogP contribution in [0, 0.1) is 5.92 Å². The van der Waals surface area contributed by atoms with E-state index in [1.54, 1.807) is 0 Å². The van der Waals surface area contributed by atoms with Crippen molar-refractivity contribution in [3.05, 3.63) is 58.2 Å². The van der Waals surface area contributed by atoms with E-state index in [0.717, 1.165) is 74.6 Å². The average Bonchev–Trinajstić information content (AvgIpc) is 3.26. The fourth-order valence-electron chi connectivity index (χ4n) is 8.55. The number of allylic oxidation sites excluding steroid dienone is 5. The lowest BCUT2D eigenvalue weighted by atomic mass is 9.48. The monoisotopic (exact) mass is 561 g/mol. The number of rotatable bonds is 11. The molecule has 5 atom stereocenters. The molecule has 1 aromatic carbocycles. The van der Waals surface area contributed by atoms with E-state index in [1.165, 1.54) is 41.5 Å². The molecule has 6 rings (SSSR count). The van der Waals surface area contributed by atoms with Crippen molar-refractivity contribution in [1.82, 2.24) is 4.90 Å². The van der Waals surface area contributed by atoms with E-state index in [-0.39, 0.29) is 6.04 Å². The number of piperidine rings is 1. The Morgan fingerprint density at radius 3 is 2.51 bits per heavy atom. The molecule has 224 valence electrons. The summed E-state index contributed by atoms with van der Waals surface area (Å²) in [6.07, 6.45) is 17.1. The van der Waals surface area contributed by atoms with Gasteiger partial charge in [-0.25, -0.2) is 0 Å². The molecule has 2 heterocycles. The first-order valence-corrected chi connectivity index (χ1v) is 16.3. The largest absolute Gasteiger partial charge is 0.486 e. The van der Waals surface area contributed by atoms with E-state index < -0.39 is 23.2 Å². The summed E-state index contributed by atoms with van der Waals surface area (Å²) < 4.78 is 13.0. The van der Waals surface area contributed by atoms with Crippen molar-refractivity contribution in [2.45, 2.75) is 128 Å². The SMILES string of the molecule is CC(C)=CCC/C(C)=C/CC/C(C)=C/COc1ccc2c3c1OC1C(O)CCC4(O)C(C2)N(CC2CCC2)CCC314. The van der Waals surface area contributed by atoms with Gasteiger partial charge in [0.15, 0.2) is 11.5 Å². The third-order valence-electron chi connectivity index (χ3n) is 11.0. The van der Waals surface area contributed by atoms with Crippen molar-refractivity contribution in [3.8, 4) is 11.5 Å². The maximum absolute atomic E-state index is 12.5. The van der Waals surface area contributed by atoms with E-state index in [0.29, 0.717) is 19.4 Å². The van der Waals surface area contributed by atoms with Crippen LogP contribution in [0.25, 0.3) is 0 Å². The number of benzene rings is 1. The summed E-state index contributed by atoms with van der Waals surface area (Å²) in [5.41, 5.74) is 5.16. The highest BCUT2D eigenvalue weighted by Crippen LogP contribution is 2.65. The number of nitrogens with zero attached hydrogens (tertiary/aromatic N) is 1. The molecular weight excluding hydrogens is 510 g/mol. The summed E-state index contributed by atoms with van der Waals surface area (Å²) >= 11 is 0. The predicted molar refractivity (Wildman–Crippen MR) is 165 cm³/mol. The summed E-state index contributed by atoms with van der Waals surface area (Å²) in [7, 11) is 0. The number of aliphatic hydroxyl groups is 2. The molecular formula is C36H51NO4. The van der Waals surface area contributed by atoms with E-state index in [1.807, 2.05) is 0 Å². The van der Waals surface area contributed by atoms with Crippen molar-refractivity contribution in [3.63, 3.8) is 0 Å². The van der Waals surface area contributed by atoms with Crippen LogP contribution in [0.15, 0.2) is 47.1 Å². The van der Waals surface area contributed by atoms with E-state index >= 15 is 0 Å². The zero-order chi connectivity index (χ0) is 28.8. The van der Waals surface area contributed by atoms with Gasteiger partial charge in [-0.05, 0) is 122 Å². The Kier molecular flexibility index (Phi) is 8.17. The lowest BCUT2D eigenvalue weighted by Crippen LogP contribution is -2.77. The highest BCUT2D eigenvalue weighted by Gasteiger charge is 2.72. The van der Waals surface area contributed by atoms with Crippen LogP contribution in [0.5, 0.6) is 11.5 Å². The van der Waals surface area contributed by atoms with Gasteiger partial charge >= 0.3 is 0 Å². The molecule has 41 heavy (non-hydrogen) atoms. The topological polar surface area (TPSA) is 62.2 Å². The average molecular weight is 562 g/mol. The Bertz CT molecular complexity index is 1220. The van der Waals surface area contributed by atoms with Crippen molar-refractivity contribution in [2.24, 2.45) is 5.92 Å². The summed E-state index contributed by atoms with van der Waals surface area (Å²) in [5, 5.41) is 23.7. The molecule has 0 aromatic heterocycles. The summed E-state index contributed by atoms with van der Waals surface area (Å²) in [5.74, 6) is 2.30. The van der Waals surface area contributed by atoms with Gasteiger partial charge in [0.25, 0.3) is 0 Å². The second-order valence-electron chi connectivity index (χ2n) is 14.0. The Morgan fingerprint density at radius 2 is 1.78 bits per heavy atom. The molecule has 2 aliphatic heterocycles. The predicted octanol–water partition coefficient (Wildman–Crippen LogP) is 6.80. The molecule has 2 saturated carbocycles. The zero-order valence-corrected chi connectivity index (χ0v) is 25.8. The Labute approximate surface area is 247 Å². The smallest absolute Gasteiger partial charge is 0.166 e. The molecule has 5 nitrogen and oxygen atoms in total. The molecule has 1 spiro atoms. The van der Waals surface area contributed by atoms with Crippen LogP contribution in [0.3, 0.4) is 0 Å². The van der Waals surface area contributed by atoms with Crippen molar-refractivity contribution >= 4 is 0 Å². The van der Waals surface area contributed by atoms with Crippen LogP contribution in [0.4, 0.5) is 0 Å². The fourth-order valence-corrected chi connectivity index (χ4v) is 8.55. The van der Waals surface area contributed by atoms with Gasteiger partial charge in [0.2, 0.25) is 0 Å². The second kappa shape index (κ2) is 11.5. The van der Waals surface area contributed by atoms with Crippen LogP contribution in [-0.4, -0.2) is 58.7 Å². The molecule has 1 saturated heterocycles. The first kappa shape index (κ1) is 29.0. The van der Waals surface area contributed by atoms with Crippen LogP contribution < -0.4 is 9.47 Å². The minimum atomic E-state index is -0.871. The molecule has 5 unspecified atom stereocenters. The van der Waals surface area contributed by atoms with Gasteiger partial charge in [0.05, 0.1) is 17.1 Å². The highest BCUT2D eigenvalue weighted by molar-refractivity contribution is 5.63. The number of hydrogen-bond acceptors (Lipinski definition) is 5. The Hall–Kier alpha value is -2.08. The molecule has 0 radical (unpaired) electrons. The minimum absolute atomic E-state index is 0.0937. The van der Waals surface area contributed by atoms with E-state index in [2.05, 4.69) is 63.0 Å². The third kappa shape index (κ3) is 5.10. The molecule has 3 fully saturated rings. The van der Waals surface area contributed by atoms with E-state index in [9.17, 15) is 10.2 Å². The van der Waals surface area contributed by atoms with Gasteiger partial charge in [0, 0.05) is 18.2 Å². The van der Waals surface area contributed by atoms with Crippen LogP contribution in [-0.2, 0) is 11.8 Å². The lowest BCUT2D eigenvalue weighted by molar-refractivity contribution is -0.209. The first-order chi connectivity index (χ1) is 19.7. The standard InChI is InChI=1S/C36H51NO4/c1-24(2)8-5-9-25(3)10-6-11-26(4)17-21-40-30-15-14-28-22-31-36(39)18-16-29(38)34-35(36,32(28)33(30)41-34)19-20-37(31)23-27-12-7-13-27/h8,10,14-15,17,27,29,31,34,38-39H,5-7,9,11-13,16,18-23H2,1-4H3/b25-10+,26-17+. The fraction of sp³-hybridized carbons (Fsp3) is 0.667. The maximum atomic E-state index is 12.5. The molecule has 3 aliphatic carbocycles. The number of hydrogen-bond donors (Lipinski definition) is 2. The first-order valence-electron chi connectivity index (χ1n) is 16.3. The maximum Gasteiger partial charge on any atom is 0.166 e. The molecule has 1 aromatic rings. The number of ether oxygens (including phenoxy) is 2. The zero-order valence-electron chi connectivity index (χ0n) is 25.8. The second-order valence-corrected chi connectivity index (χ2v) is 14.0. The van der Waals surface area contributed by atoms with Gasteiger partial charge < -0.3 is 19.7 Å². The molecule has 5 heteroatoms. The van der Waals surface area contributed by atoms with Gasteiger partial charge in [-0.2, -0.15) is 0 Å². The van der Waals surface area contributed by atoms with Gasteiger partial charge in [0.1, 0.15) is 12.7 Å². The number of likely N-dealkylation sites (tertiary alicyclic amines) is 1. The Balaban J connectivity index is 1.16. The van der Waals surface area contributed by atoms with Crippen molar-refractivity contribution in [2.75, 3.05) is 19.7 Å². The molecule has 0 amide bonds. The number of aliphatic hydroxyl groups excluding tert-OH is 1. The van der Waals surface area contributed by atoms with Crippen LogP contribution in [0.1, 0.15) is 103 Å². The quantitative estimate of drug-likeness (QED) is 0.291. The summed E-state index contributed by atoms with van der Waals surface area (Å²) in [4.78, 5) is 2.59. The molecule has 2 bridgehead atoms. The summed E-state index contributed by atoms with van der Waals surface area (Å²) in [6.45, 7) is 11.3. The van der Waals surface area contributed by atoms with E-state index in [4.69, 9.17) is 9.47 Å².